The third-order valence-electron chi connectivity index (χ3n) is 7.04. The van der Waals surface area contributed by atoms with E-state index in [1.165, 1.54) is 28.1 Å². The van der Waals surface area contributed by atoms with Crippen molar-refractivity contribution in [1.82, 2.24) is 9.88 Å². The van der Waals surface area contributed by atoms with Crippen molar-refractivity contribution >= 4 is 36.8 Å². The van der Waals surface area contributed by atoms with Crippen molar-refractivity contribution in [3.8, 4) is 0 Å². The van der Waals surface area contributed by atoms with Gasteiger partial charge >= 0.3 is 5.97 Å². The summed E-state index contributed by atoms with van der Waals surface area (Å²) in [5.41, 5.74) is 2.36. The first-order chi connectivity index (χ1) is 18.7. The first-order valence-corrected chi connectivity index (χ1v) is 12.5. The Kier molecular flexibility index (Phi) is 7.20. The monoisotopic (exact) mass is 529 g/mol. The Morgan fingerprint density at radius 1 is 1.10 bits per heavy atom. The van der Waals surface area contributed by atoms with Crippen LogP contribution in [0.5, 0.6) is 0 Å². The van der Waals surface area contributed by atoms with Crippen molar-refractivity contribution in [3.05, 3.63) is 88.5 Å². The molecule has 3 heterocycles. The molecule has 0 bridgehead atoms. The minimum Gasteiger partial charge on any atom is -0.465 e. The maximum Gasteiger partial charge on any atom is 0.321 e. The molecule has 0 saturated heterocycles. The van der Waals surface area contributed by atoms with Gasteiger partial charge in [0.15, 0.2) is 12.1 Å². The molecule has 2 N–H and O–H groups in total. The standard InChI is InChI=1S/C28H25BFN3O6/c1-2-39-28(38)20-24(34)22-23(21(29)16(14-31-22)13-15-7-9-17(30)10-8-15)32(27(20)37)11-12-33-25(35)18-5-3-4-6-19(18)26(33)36/h3-10,14,20,24-25,34-35H,2,11-13H2,1H3. The molecular weight excluding hydrogens is 504 g/mol. The zero-order valence-corrected chi connectivity index (χ0v) is 21.1. The summed E-state index contributed by atoms with van der Waals surface area (Å²) < 4.78 is 18.4. The number of aliphatic hydroxyl groups is 2. The highest BCUT2D eigenvalue weighted by Crippen LogP contribution is 2.37. The van der Waals surface area contributed by atoms with Crippen LogP contribution in [0.4, 0.5) is 10.1 Å². The minimum absolute atomic E-state index is 0.00109. The molecule has 11 heteroatoms. The fraction of sp³-hybridized carbons (Fsp3) is 0.286. The van der Waals surface area contributed by atoms with Crippen molar-refractivity contribution < 1.29 is 33.7 Å². The van der Waals surface area contributed by atoms with Crippen molar-refractivity contribution in [2.24, 2.45) is 5.92 Å². The van der Waals surface area contributed by atoms with E-state index in [1.807, 2.05) is 0 Å². The van der Waals surface area contributed by atoms with E-state index in [0.29, 0.717) is 16.7 Å². The van der Waals surface area contributed by atoms with Crippen molar-refractivity contribution in [2.75, 3.05) is 24.6 Å². The van der Waals surface area contributed by atoms with Crippen LogP contribution in [0.1, 0.15) is 52.0 Å². The van der Waals surface area contributed by atoms with E-state index in [0.717, 1.165) is 5.56 Å². The number of hydrogen-bond acceptors (Lipinski definition) is 7. The highest BCUT2D eigenvalue weighted by molar-refractivity contribution is 6.38. The van der Waals surface area contributed by atoms with E-state index in [-0.39, 0.29) is 48.8 Å². The number of fused-ring (bicyclic) bond motifs is 2. The van der Waals surface area contributed by atoms with E-state index < -0.39 is 36.0 Å². The second-order valence-electron chi connectivity index (χ2n) is 9.36. The van der Waals surface area contributed by atoms with Crippen LogP contribution < -0.4 is 10.4 Å². The van der Waals surface area contributed by atoms with E-state index >= 15 is 0 Å². The van der Waals surface area contributed by atoms with Gasteiger partial charge in [-0.3, -0.25) is 19.4 Å². The predicted octanol–water partition coefficient (Wildman–Crippen LogP) is 1.31. The molecule has 39 heavy (non-hydrogen) atoms. The number of esters is 1. The summed E-state index contributed by atoms with van der Waals surface area (Å²) in [5.74, 6) is -4.05. The molecule has 198 valence electrons. The smallest absolute Gasteiger partial charge is 0.321 e. The Morgan fingerprint density at radius 2 is 1.82 bits per heavy atom. The number of benzene rings is 2. The number of aliphatic hydroxyl groups excluding tert-OH is 2. The average molecular weight is 529 g/mol. The first kappa shape index (κ1) is 26.5. The molecule has 0 spiro atoms. The van der Waals surface area contributed by atoms with Crippen LogP contribution in [0.15, 0.2) is 54.7 Å². The molecule has 2 aromatic carbocycles. The number of rotatable bonds is 7. The predicted molar refractivity (Wildman–Crippen MR) is 139 cm³/mol. The van der Waals surface area contributed by atoms with Crippen molar-refractivity contribution in [1.29, 1.82) is 0 Å². The molecule has 2 aliphatic rings. The highest BCUT2D eigenvalue weighted by Gasteiger charge is 2.47. The van der Waals surface area contributed by atoms with E-state index in [1.54, 1.807) is 43.3 Å². The average Bonchev–Trinajstić information content (AvgIpc) is 3.16. The van der Waals surface area contributed by atoms with Gasteiger partial charge in [-0.15, -0.1) is 0 Å². The van der Waals surface area contributed by atoms with Crippen molar-refractivity contribution in [3.63, 3.8) is 0 Å². The zero-order valence-electron chi connectivity index (χ0n) is 21.1. The van der Waals surface area contributed by atoms with Gasteiger partial charge in [-0.2, -0.15) is 0 Å². The van der Waals surface area contributed by atoms with Gasteiger partial charge in [0.2, 0.25) is 5.91 Å². The fourth-order valence-corrected chi connectivity index (χ4v) is 5.07. The lowest BCUT2D eigenvalue weighted by molar-refractivity contribution is -0.157. The van der Waals surface area contributed by atoms with Gasteiger partial charge in [0.25, 0.3) is 5.91 Å². The van der Waals surface area contributed by atoms with Crippen LogP contribution in [0.25, 0.3) is 0 Å². The molecule has 5 rings (SSSR count). The third-order valence-corrected chi connectivity index (χ3v) is 7.04. The molecule has 2 radical (unpaired) electrons. The quantitative estimate of drug-likeness (QED) is 0.269. The maximum absolute atomic E-state index is 13.6. The molecule has 1 aromatic heterocycles. The number of halogens is 1. The summed E-state index contributed by atoms with van der Waals surface area (Å²) in [4.78, 5) is 46.1. The summed E-state index contributed by atoms with van der Waals surface area (Å²) in [7, 11) is 6.52. The van der Waals surface area contributed by atoms with Gasteiger partial charge < -0.3 is 24.7 Å². The largest absolute Gasteiger partial charge is 0.465 e. The topological polar surface area (TPSA) is 120 Å². The van der Waals surface area contributed by atoms with Crippen LogP contribution in [0, 0.1) is 11.7 Å². The summed E-state index contributed by atoms with van der Waals surface area (Å²) in [6, 6.07) is 12.5. The summed E-state index contributed by atoms with van der Waals surface area (Å²) >= 11 is 0. The van der Waals surface area contributed by atoms with E-state index in [4.69, 9.17) is 12.6 Å². The second kappa shape index (κ2) is 10.6. The molecule has 3 unspecified atom stereocenters. The van der Waals surface area contributed by atoms with Crippen LogP contribution >= 0.6 is 0 Å². The summed E-state index contributed by atoms with van der Waals surface area (Å²) in [5, 5.41) is 21.8. The molecular formula is C28H25BFN3O6. The molecule has 0 aliphatic carbocycles. The highest BCUT2D eigenvalue weighted by atomic mass is 19.1. The van der Waals surface area contributed by atoms with Crippen LogP contribution in [0.3, 0.4) is 0 Å². The lowest BCUT2D eigenvalue weighted by Gasteiger charge is -2.38. The molecule has 2 amide bonds. The molecule has 9 nitrogen and oxygen atoms in total. The van der Waals surface area contributed by atoms with Crippen LogP contribution in [0.2, 0.25) is 0 Å². The minimum atomic E-state index is -1.60. The molecule has 0 fully saturated rings. The number of aromatic nitrogens is 1. The summed E-state index contributed by atoms with van der Waals surface area (Å²) in [6.45, 7) is 1.35. The fourth-order valence-electron chi connectivity index (χ4n) is 5.07. The number of carbonyl (C=O) groups is 3. The lowest BCUT2D eigenvalue weighted by Crippen LogP contribution is -2.52. The van der Waals surface area contributed by atoms with Gasteiger partial charge in [0.05, 0.1) is 18.0 Å². The Hall–Kier alpha value is -4.09. The molecule has 3 atom stereocenters. The zero-order chi connectivity index (χ0) is 27.8. The second-order valence-corrected chi connectivity index (χ2v) is 9.36. The Labute approximate surface area is 225 Å². The van der Waals surface area contributed by atoms with Gasteiger partial charge in [-0.1, -0.05) is 35.8 Å². The number of nitrogens with zero attached hydrogens (tertiary/aromatic N) is 3. The number of carbonyl (C=O) groups excluding carboxylic acids is 3. The van der Waals surface area contributed by atoms with E-state index in [2.05, 4.69) is 4.98 Å². The SMILES string of the molecule is [B]c1c(Cc2ccc(F)cc2)cnc2c1N(CCN1C(=O)c3ccccc3C1O)C(=O)C(C(=O)OCC)C2O. The number of anilines is 1. The maximum atomic E-state index is 13.6. The van der Waals surface area contributed by atoms with Gasteiger partial charge in [-0.25, -0.2) is 4.39 Å². The molecule has 3 aromatic rings. The molecule has 0 saturated carbocycles. The Bertz CT molecular complexity index is 1450. The lowest BCUT2D eigenvalue weighted by atomic mass is 9.81. The summed E-state index contributed by atoms with van der Waals surface area (Å²) in [6.07, 6.45) is -1.10. The van der Waals surface area contributed by atoms with E-state index in [9.17, 15) is 29.0 Å². The normalized spacial score (nSPS) is 20.2. The Morgan fingerprint density at radius 3 is 2.51 bits per heavy atom. The van der Waals surface area contributed by atoms with Crippen LogP contribution in [-0.4, -0.2) is 65.4 Å². The van der Waals surface area contributed by atoms with Gasteiger partial charge in [0.1, 0.15) is 19.8 Å². The Balaban J connectivity index is 1.50. The van der Waals surface area contributed by atoms with Crippen LogP contribution in [-0.2, 0) is 20.7 Å². The van der Waals surface area contributed by atoms with Gasteiger partial charge in [-0.05, 0) is 42.7 Å². The molecule has 2 aliphatic heterocycles. The first-order valence-electron chi connectivity index (χ1n) is 12.5. The van der Waals surface area contributed by atoms with Crippen molar-refractivity contribution in [2.45, 2.75) is 25.7 Å². The third kappa shape index (κ3) is 4.68. The van der Waals surface area contributed by atoms with Gasteiger partial charge in [0, 0.05) is 30.4 Å². The number of amides is 2. The number of pyridine rings is 1. The number of hydrogen-bond donors (Lipinski definition) is 2. The number of ether oxygens (including phenoxy) is 1.